The third-order valence-corrected chi connectivity index (χ3v) is 7.67. The Morgan fingerprint density at radius 1 is 0.969 bits per heavy atom. The number of benzene rings is 3. The van der Waals surface area contributed by atoms with Gasteiger partial charge in [-0.05, 0) is 73.0 Å². The third-order valence-electron chi connectivity index (χ3n) is 5.87. The van der Waals surface area contributed by atoms with Gasteiger partial charge in [-0.25, -0.2) is 8.42 Å². The van der Waals surface area contributed by atoms with Gasteiger partial charge in [0.05, 0.1) is 17.7 Å². The molecule has 3 aromatic rings. The van der Waals surface area contributed by atoms with Gasteiger partial charge < -0.3 is 9.64 Å². The molecule has 0 radical (unpaired) electrons. The average molecular weight is 451 g/mol. The Balaban J connectivity index is 1.51. The number of carbonyl (C=O) groups excluding carboxylic acids is 1. The number of hydrogen-bond donors (Lipinski definition) is 0. The molecule has 0 bridgehead atoms. The Hall–Kier alpha value is -3.32. The van der Waals surface area contributed by atoms with Gasteiger partial charge in [-0.2, -0.15) is 0 Å². The molecule has 0 atom stereocenters. The van der Waals surface area contributed by atoms with Crippen molar-refractivity contribution in [1.29, 1.82) is 0 Å². The second-order valence-corrected chi connectivity index (χ2v) is 9.91. The highest BCUT2D eigenvalue weighted by Crippen LogP contribution is 2.26. The molecule has 0 fully saturated rings. The molecule has 0 N–H and O–H groups in total. The predicted octanol–water partition coefficient (Wildman–Crippen LogP) is 4.03. The molecule has 1 heterocycles. The number of anilines is 1. The molecule has 0 saturated heterocycles. The number of amides is 1. The van der Waals surface area contributed by atoms with Crippen LogP contribution in [0, 0.1) is 6.92 Å². The van der Waals surface area contributed by atoms with Crippen molar-refractivity contribution >= 4 is 21.6 Å². The van der Waals surface area contributed by atoms with Gasteiger partial charge in [0.25, 0.3) is 15.9 Å². The number of rotatable bonds is 5. The number of ether oxygens (including phenoxy) is 1. The molecule has 0 unspecified atom stereocenters. The van der Waals surface area contributed by atoms with Crippen LogP contribution in [-0.2, 0) is 23.0 Å². The van der Waals surface area contributed by atoms with Crippen molar-refractivity contribution in [3.63, 3.8) is 0 Å². The van der Waals surface area contributed by atoms with Gasteiger partial charge in [0, 0.05) is 25.7 Å². The Labute approximate surface area is 189 Å². The number of nitrogens with zero attached hydrogens (tertiary/aromatic N) is 2. The van der Waals surface area contributed by atoms with Crippen molar-refractivity contribution in [2.45, 2.75) is 24.8 Å². The maximum atomic E-state index is 13.1. The van der Waals surface area contributed by atoms with E-state index in [0.717, 1.165) is 23.3 Å². The first-order valence-corrected chi connectivity index (χ1v) is 11.8. The summed E-state index contributed by atoms with van der Waals surface area (Å²) in [4.78, 5) is 15.1. The normalized spacial score (nSPS) is 13.4. The largest absolute Gasteiger partial charge is 0.497 e. The molecule has 1 aliphatic heterocycles. The van der Waals surface area contributed by atoms with E-state index in [9.17, 15) is 13.2 Å². The monoisotopic (exact) mass is 450 g/mol. The van der Waals surface area contributed by atoms with Gasteiger partial charge in [-0.1, -0.05) is 23.8 Å². The smallest absolute Gasteiger partial charge is 0.264 e. The molecule has 6 nitrogen and oxygen atoms in total. The first-order valence-electron chi connectivity index (χ1n) is 10.4. The first kappa shape index (κ1) is 21.9. The zero-order valence-corrected chi connectivity index (χ0v) is 19.2. The van der Waals surface area contributed by atoms with E-state index >= 15 is 0 Å². The lowest BCUT2D eigenvalue weighted by Gasteiger charge is -2.29. The fraction of sp³-hybridized carbons (Fsp3) is 0.240. The van der Waals surface area contributed by atoms with Crippen LogP contribution >= 0.6 is 0 Å². The van der Waals surface area contributed by atoms with Gasteiger partial charge in [-0.3, -0.25) is 9.10 Å². The summed E-state index contributed by atoms with van der Waals surface area (Å²) < 4.78 is 32.4. The lowest BCUT2D eigenvalue weighted by Crippen LogP contribution is -2.36. The second-order valence-electron chi connectivity index (χ2n) is 7.94. The number of carbonyl (C=O) groups is 1. The van der Waals surface area contributed by atoms with Crippen molar-refractivity contribution in [3.8, 4) is 5.75 Å². The fourth-order valence-corrected chi connectivity index (χ4v) is 5.03. The van der Waals surface area contributed by atoms with E-state index in [4.69, 9.17) is 4.74 Å². The van der Waals surface area contributed by atoms with Gasteiger partial charge in [0.1, 0.15) is 5.75 Å². The van der Waals surface area contributed by atoms with Crippen molar-refractivity contribution in [2.75, 3.05) is 25.0 Å². The van der Waals surface area contributed by atoms with Gasteiger partial charge in [0.2, 0.25) is 0 Å². The van der Waals surface area contributed by atoms with Crippen LogP contribution in [0.15, 0.2) is 71.6 Å². The highest BCUT2D eigenvalue weighted by atomic mass is 32.2. The van der Waals surface area contributed by atoms with Crippen molar-refractivity contribution < 1.29 is 17.9 Å². The lowest BCUT2D eigenvalue weighted by atomic mass is 9.99. The van der Waals surface area contributed by atoms with Crippen LogP contribution in [0.4, 0.5) is 5.69 Å². The van der Waals surface area contributed by atoms with Gasteiger partial charge in [0.15, 0.2) is 0 Å². The molecule has 1 aliphatic rings. The van der Waals surface area contributed by atoms with Crippen LogP contribution in [0.25, 0.3) is 0 Å². The molecule has 4 rings (SSSR count). The Bertz CT molecular complexity index is 1240. The SMILES string of the molecule is COc1ccc2c(c1)CN(C(=O)c1ccc(N(C)S(=O)(=O)c3ccc(C)cc3)cc1)CC2. The molecule has 1 amide bonds. The van der Waals surface area contributed by atoms with E-state index in [1.54, 1.807) is 55.6 Å². The van der Waals surface area contributed by atoms with Gasteiger partial charge in [-0.15, -0.1) is 0 Å². The first-order chi connectivity index (χ1) is 15.3. The molecule has 0 spiro atoms. The molecule has 166 valence electrons. The minimum atomic E-state index is -3.68. The summed E-state index contributed by atoms with van der Waals surface area (Å²) >= 11 is 0. The van der Waals surface area contributed by atoms with Crippen LogP contribution in [0.3, 0.4) is 0 Å². The lowest BCUT2D eigenvalue weighted by molar-refractivity contribution is 0.0734. The number of methoxy groups -OCH3 is 1. The van der Waals surface area contributed by atoms with E-state index in [-0.39, 0.29) is 10.8 Å². The summed E-state index contributed by atoms with van der Waals surface area (Å²) in [7, 11) is -0.531. The zero-order chi connectivity index (χ0) is 22.9. The maximum Gasteiger partial charge on any atom is 0.264 e. The quantitative estimate of drug-likeness (QED) is 0.589. The average Bonchev–Trinajstić information content (AvgIpc) is 2.82. The number of sulfonamides is 1. The second kappa shape index (κ2) is 8.67. The molecule has 0 saturated carbocycles. The minimum Gasteiger partial charge on any atom is -0.497 e. The van der Waals surface area contributed by atoms with Gasteiger partial charge >= 0.3 is 0 Å². The van der Waals surface area contributed by atoms with Crippen LogP contribution < -0.4 is 9.04 Å². The van der Waals surface area contributed by atoms with Crippen LogP contribution in [-0.4, -0.2) is 39.9 Å². The van der Waals surface area contributed by atoms with E-state index in [1.165, 1.54) is 16.9 Å². The molecular formula is C25H26N2O4S. The number of hydrogen-bond acceptors (Lipinski definition) is 4. The van der Waals surface area contributed by atoms with E-state index in [2.05, 4.69) is 6.07 Å². The Morgan fingerprint density at radius 2 is 1.66 bits per heavy atom. The summed E-state index contributed by atoms with van der Waals surface area (Å²) in [5, 5.41) is 0. The minimum absolute atomic E-state index is 0.0749. The third kappa shape index (κ3) is 4.21. The van der Waals surface area contributed by atoms with Crippen LogP contribution in [0.5, 0.6) is 5.75 Å². The van der Waals surface area contributed by atoms with Crippen LogP contribution in [0.2, 0.25) is 0 Å². The fourth-order valence-electron chi connectivity index (χ4n) is 3.84. The number of fused-ring (bicyclic) bond motifs is 1. The van der Waals surface area contributed by atoms with E-state index in [1.807, 2.05) is 24.0 Å². The molecule has 7 heteroatoms. The number of aryl methyl sites for hydroxylation is 1. The standard InChI is InChI=1S/C25H26N2O4S/c1-18-4-12-24(13-5-18)32(29,30)26(2)22-9-6-20(7-10-22)25(28)27-15-14-19-8-11-23(31-3)16-21(19)17-27/h4-13,16H,14-15,17H2,1-3H3. The van der Waals surface area contributed by atoms with Crippen LogP contribution in [0.1, 0.15) is 27.0 Å². The molecule has 0 aliphatic carbocycles. The van der Waals surface area contributed by atoms with E-state index in [0.29, 0.717) is 24.3 Å². The predicted molar refractivity (Wildman–Crippen MR) is 125 cm³/mol. The highest BCUT2D eigenvalue weighted by molar-refractivity contribution is 7.92. The Kier molecular flexibility index (Phi) is 5.93. The summed E-state index contributed by atoms with van der Waals surface area (Å²) in [5.41, 5.74) is 4.34. The van der Waals surface area contributed by atoms with E-state index < -0.39 is 10.0 Å². The van der Waals surface area contributed by atoms with Crippen molar-refractivity contribution in [1.82, 2.24) is 4.90 Å². The molecule has 32 heavy (non-hydrogen) atoms. The van der Waals surface area contributed by atoms with Crippen molar-refractivity contribution in [3.05, 3.63) is 89.0 Å². The summed E-state index contributed by atoms with van der Waals surface area (Å²) in [6, 6.07) is 19.4. The maximum absolute atomic E-state index is 13.1. The zero-order valence-electron chi connectivity index (χ0n) is 18.4. The highest BCUT2D eigenvalue weighted by Gasteiger charge is 2.24. The molecular weight excluding hydrogens is 424 g/mol. The molecule has 0 aromatic heterocycles. The van der Waals surface area contributed by atoms with Crippen molar-refractivity contribution in [2.24, 2.45) is 0 Å². The summed E-state index contributed by atoms with van der Waals surface area (Å²) in [5.74, 6) is 0.703. The Morgan fingerprint density at radius 3 is 2.31 bits per heavy atom. The summed E-state index contributed by atoms with van der Waals surface area (Å²) in [6.45, 7) is 3.07. The molecule has 3 aromatic carbocycles. The summed E-state index contributed by atoms with van der Waals surface area (Å²) in [6.07, 6.45) is 0.792. The topological polar surface area (TPSA) is 66.9 Å².